The lowest BCUT2D eigenvalue weighted by Gasteiger charge is -2.29. The van der Waals surface area contributed by atoms with Crippen LogP contribution in [0.2, 0.25) is 0 Å². The van der Waals surface area contributed by atoms with E-state index in [-0.39, 0.29) is 24.8 Å². The first-order chi connectivity index (χ1) is 18.5. The molecule has 192 valence electrons. The Morgan fingerprint density at radius 2 is 1.45 bits per heavy atom. The minimum Gasteiger partial charge on any atom is -0.295 e. The number of imide groups is 2. The van der Waals surface area contributed by atoms with Gasteiger partial charge < -0.3 is 0 Å². The molecule has 1 unspecified atom stereocenters. The van der Waals surface area contributed by atoms with Crippen molar-refractivity contribution in [1.29, 1.82) is 0 Å². The third-order valence-corrected chi connectivity index (χ3v) is 7.59. The zero-order chi connectivity index (χ0) is 26.2. The highest BCUT2D eigenvalue weighted by Gasteiger charge is 2.44. The molecule has 8 nitrogen and oxygen atoms in total. The lowest BCUT2D eigenvalue weighted by molar-refractivity contribution is -0.136. The van der Waals surface area contributed by atoms with Gasteiger partial charge in [0.05, 0.1) is 23.8 Å². The smallest absolute Gasteiger partial charge is 0.262 e. The van der Waals surface area contributed by atoms with Crippen molar-refractivity contribution in [3.8, 4) is 0 Å². The Kier molecular flexibility index (Phi) is 6.35. The van der Waals surface area contributed by atoms with Gasteiger partial charge in [-0.1, -0.05) is 66.7 Å². The number of nitrogens with zero attached hydrogens (tertiary/aromatic N) is 3. The molecule has 3 heterocycles. The molecule has 2 saturated heterocycles. The molecule has 0 aromatic heterocycles. The molecule has 2 fully saturated rings. The van der Waals surface area contributed by atoms with Gasteiger partial charge in [-0.2, -0.15) is 0 Å². The highest BCUT2D eigenvalue weighted by molar-refractivity contribution is 6.23. The summed E-state index contributed by atoms with van der Waals surface area (Å²) in [4.78, 5) is 55.9. The maximum atomic E-state index is 13.2. The van der Waals surface area contributed by atoms with Gasteiger partial charge in [0.2, 0.25) is 11.8 Å². The molecule has 1 N–H and O–H groups in total. The summed E-state index contributed by atoms with van der Waals surface area (Å²) in [6.45, 7) is 3.18. The van der Waals surface area contributed by atoms with Crippen LogP contribution in [0.3, 0.4) is 0 Å². The first-order valence-electron chi connectivity index (χ1n) is 12.9. The molecule has 1 atom stereocenters. The first-order valence-corrected chi connectivity index (χ1v) is 12.9. The van der Waals surface area contributed by atoms with Gasteiger partial charge in [0.15, 0.2) is 0 Å². The third-order valence-electron chi connectivity index (χ3n) is 7.59. The van der Waals surface area contributed by atoms with Crippen LogP contribution >= 0.6 is 0 Å². The highest BCUT2D eigenvalue weighted by atomic mass is 16.2. The van der Waals surface area contributed by atoms with Crippen LogP contribution in [0.25, 0.3) is 0 Å². The topological polar surface area (TPSA) is 90.0 Å². The van der Waals surface area contributed by atoms with Crippen molar-refractivity contribution in [1.82, 2.24) is 20.0 Å². The zero-order valence-corrected chi connectivity index (χ0v) is 20.9. The Bertz CT molecular complexity index is 1370. The van der Waals surface area contributed by atoms with E-state index < -0.39 is 23.8 Å². The van der Waals surface area contributed by atoms with Gasteiger partial charge in [-0.15, -0.1) is 0 Å². The Balaban J connectivity index is 1.18. The minimum atomic E-state index is -0.955. The number of benzene rings is 3. The standard InChI is InChI=1S/C30H28N4O4/c35-26-14-13-25(28(36)31-26)34-29(37)23-12-11-20(17-24(23)30(34)38)18-32-15-16-33(19-32)27(21-7-3-1-4-8-21)22-9-5-2-6-10-22/h1-12,17,25,27H,13-16,18-19H2,(H,31,35,36). The minimum absolute atomic E-state index is 0.105. The van der Waals surface area contributed by atoms with Gasteiger partial charge in [0, 0.05) is 26.1 Å². The Morgan fingerprint density at radius 3 is 2.11 bits per heavy atom. The number of nitrogens with one attached hydrogen (secondary N) is 1. The third kappa shape index (κ3) is 4.42. The summed E-state index contributed by atoms with van der Waals surface area (Å²) in [5, 5.41) is 2.24. The van der Waals surface area contributed by atoms with Crippen LogP contribution in [0.15, 0.2) is 78.9 Å². The molecule has 0 bridgehead atoms. The number of piperidine rings is 1. The quantitative estimate of drug-likeness (QED) is 0.515. The van der Waals surface area contributed by atoms with Crippen LogP contribution in [0.4, 0.5) is 0 Å². The van der Waals surface area contributed by atoms with Crippen molar-refractivity contribution in [2.45, 2.75) is 31.5 Å². The summed E-state index contributed by atoms with van der Waals surface area (Å²) < 4.78 is 0. The van der Waals surface area contributed by atoms with Crippen molar-refractivity contribution in [3.63, 3.8) is 0 Å². The molecule has 38 heavy (non-hydrogen) atoms. The van der Waals surface area contributed by atoms with Gasteiger partial charge in [0.25, 0.3) is 11.8 Å². The van der Waals surface area contributed by atoms with Crippen molar-refractivity contribution >= 4 is 23.6 Å². The van der Waals surface area contributed by atoms with Crippen LogP contribution < -0.4 is 5.32 Å². The second-order valence-electron chi connectivity index (χ2n) is 10.1. The zero-order valence-electron chi connectivity index (χ0n) is 20.9. The Hall–Kier alpha value is -4.14. The number of hydrogen-bond donors (Lipinski definition) is 1. The van der Waals surface area contributed by atoms with Crippen LogP contribution in [0.5, 0.6) is 0 Å². The van der Waals surface area contributed by atoms with E-state index in [0.717, 1.165) is 30.2 Å². The van der Waals surface area contributed by atoms with Crippen LogP contribution in [-0.4, -0.2) is 64.1 Å². The SMILES string of the molecule is O=C1CCC(N2C(=O)c3ccc(CN4CCN(C(c5ccccc5)c5ccccc5)C4)cc3C2=O)C(=O)N1. The number of carbonyl (C=O) groups is 4. The Morgan fingerprint density at radius 1 is 0.789 bits per heavy atom. The molecule has 3 aliphatic rings. The number of hydrogen-bond acceptors (Lipinski definition) is 6. The van der Waals surface area contributed by atoms with E-state index in [2.05, 4.69) is 63.6 Å². The van der Waals surface area contributed by atoms with Gasteiger partial charge in [-0.3, -0.25) is 39.2 Å². The molecular formula is C30H28N4O4. The molecule has 6 rings (SSSR count). The van der Waals surface area contributed by atoms with Gasteiger partial charge in [-0.05, 0) is 35.2 Å². The summed E-state index contributed by atoms with van der Waals surface area (Å²) in [5.41, 5.74) is 4.05. The lowest BCUT2D eigenvalue weighted by Crippen LogP contribution is -2.54. The first kappa shape index (κ1) is 24.2. The molecule has 0 radical (unpaired) electrons. The van der Waals surface area contributed by atoms with Crippen LogP contribution in [0.1, 0.15) is 56.3 Å². The van der Waals surface area contributed by atoms with E-state index >= 15 is 0 Å². The van der Waals surface area contributed by atoms with Gasteiger partial charge in [-0.25, -0.2) is 0 Å². The van der Waals surface area contributed by atoms with Crippen molar-refractivity contribution < 1.29 is 19.2 Å². The summed E-state index contributed by atoms with van der Waals surface area (Å²) in [6.07, 6.45) is 0.254. The monoisotopic (exact) mass is 508 g/mol. The van der Waals surface area contributed by atoms with E-state index in [4.69, 9.17) is 0 Å². The largest absolute Gasteiger partial charge is 0.295 e. The maximum absolute atomic E-state index is 13.2. The summed E-state index contributed by atoms with van der Waals surface area (Å²) >= 11 is 0. The van der Waals surface area contributed by atoms with Crippen molar-refractivity contribution in [2.24, 2.45) is 0 Å². The predicted molar refractivity (Wildman–Crippen MR) is 140 cm³/mol. The fraction of sp³-hybridized carbons (Fsp3) is 0.267. The molecule has 3 aliphatic heterocycles. The number of rotatable bonds is 6. The van der Waals surface area contributed by atoms with Gasteiger partial charge in [0.1, 0.15) is 6.04 Å². The molecular weight excluding hydrogens is 480 g/mol. The molecule has 8 heteroatoms. The fourth-order valence-electron chi connectivity index (χ4n) is 5.77. The predicted octanol–water partition coefficient (Wildman–Crippen LogP) is 2.95. The fourth-order valence-corrected chi connectivity index (χ4v) is 5.77. The summed E-state index contributed by atoms with van der Waals surface area (Å²) in [7, 11) is 0. The van der Waals surface area contributed by atoms with Crippen LogP contribution in [-0.2, 0) is 16.1 Å². The molecule has 0 saturated carbocycles. The average molecular weight is 509 g/mol. The maximum Gasteiger partial charge on any atom is 0.262 e. The molecule has 3 aromatic carbocycles. The Labute approximate surface area is 220 Å². The molecule has 0 aliphatic carbocycles. The van der Waals surface area contributed by atoms with E-state index in [1.807, 2.05) is 18.2 Å². The van der Waals surface area contributed by atoms with E-state index in [0.29, 0.717) is 17.7 Å². The van der Waals surface area contributed by atoms with E-state index in [1.165, 1.54) is 11.1 Å². The summed E-state index contributed by atoms with van der Waals surface area (Å²) in [5.74, 6) is -1.93. The average Bonchev–Trinajstić information content (AvgIpc) is 3.48. The lowest BCUT2D eigenvalue weighted by atomic mass is 9.97. The molecule has 0 spiro atoms. The number of carbonyl (C=O) groups excluding carboxylic acids is 4. The normalized spacial score (nSPS) is 20.3. The van der Waals surface area contributed by atoms with Gasteiger partial charge >= 0.3 is 0 Å². The second-order valence-corrected chi connectivity index (χ2v) is 10.1. The van der Waals surface area contributed by atoms with Crippen LogP contribution in [0, 0.1) is 0 Å². The van der Waals surface area contributed by atoms with E-state index in [1.54, 1.807) is 12.1 Å². The van der Waals surface area contributed by atoms with Crippen molar-refractivity contribution in [3.05, 3.63) is 107 Å². The van der Waals surface area contributed by atoms with E-state index in [9.17, 15) is 19.2 Å². The van der Waals surface area contributed by atoms with Crippen molar-refractivity contribution in [2.75, 3.05) is 19.8 Å². The highest BCUT2D eigenvalue weighted by Crippen LogP contribution is 2.32. The summed E-state index contributed by atoms with van der Waals surface area (Å²) in [6, 6.07) is 25.5. The second kappa shape index (κ2) is 9.96. The number of fused-ring (bicyclic) bond motifs is 1. The molecule has 3 aromatic rings. The molecule has 4 amide bonds. The number of amides is 4.